The Morgan fingerprint density at radius 1 is 1.38 bits per heavy atom. The van der Waals surface area contributed by atoms with E-state index in [2.05, 4.69) is 37.2 Å². The first kappa shape index (κ1) is 8.57. The summed E-state index contributed by atoms with van der Waals surface area (Å²) in [6.45, 7) is 0. The highest BCUT2D eigenvalue weighted by Crippen LogP contribution is 2.31. The van der Waals surface area contributed by atoms with Gasteiger partial charge in [-0.25, -0.2) is 0 Å². The van der Waals surface area contributed by atoms with Crippen LogP contribution in [0.5, 0.6) is 0 Å². The van der Waals surface area contributed by atoms with Gasteiger partial charge in [-0.05, 0) is 36.1 Å². The number of nitrogens with two attached hydrogens (primary N) is 1. The molecule has 70 valence electrons. The maximum atomic E-state index is 5.96. The fraction of sp³-hybridized carbons (Fsp3) is 0.455. The summed E-state index contributed by atoms with van der Waals surface area (Å²) in [5.74, 6) is 0. The summed E-state index contributed by atoms with van der Waals surface area (Å²) in [5, 5.41) is 0. The first-order valence-electron chi connectivity index (χ1n) is 4.74. The van der Waals surface area contributed by atoms with E-state index >= 15 is 0 Å². The Balaban J connectivity index is 2.40. The molecular weight excluding hydrogens is 160 g/mol. The molecule has 0 aliphatic heterocycles. The molecule has 13 heavy (non-hydrogen) atoms. The highest BCUT2D eigenvalue weighted by molar-refractivity contribution is 5.51. The van der Waals surface area contributed by atoms with Crippen LogP contribution in [0.2, 0.25) is 0 Å². The zero-order valence-corrected chi connectivity index (χ0v) is 8.25. The van der Waals surface area contributed by atoms with E-state index in [0.29, 0.717) is 0 Å². The minimum Gasteiger partial charge on any atom is -0.378 e. The lowest BCUT2D eigenvalue weighted by atomic mass is 10.1. The van der Waals surface area contributed by atoms with Gasteiger partial charge in [-0.1, -0.05) is 6.07 Å². The van der Waals surface area contributed by atoms with Gasteiger partial charge in [0.25, 0.3) is 0 Å². The first-order valence-corrected chi connectivity index (χ1v) is 4.74. The van der Waals surface area contributed by atoms with Crippen molar-refractivity contribution in [3.63, 3.8) is 0 Å². The number of rotatable bonds is 1. The highest BCUT2D eigenvalue weighted by Gasteiger charge is 2.18. The van der Waals surface area contributed by atoms with Crippen LogP contribution in [0.4, 0.5) is 5.69 Å². The molecule has 2 nitrogen and oxygen atoms in total. The van der Waals surface area contributed by atoms with Crippen LogP contribution in [0.3, 0.4) is 0 Å². The average molecular weight is 176 g/mol. The molecule has 1 aliphatic rings. The van der Waals surface area contributed by atoms with Crippen LogP contribution in [0.25, 0.3) is 0 Å². The van der Waals surface area contributed by atoms with Crippen molar-refractivity contribution in [3.8, 4) is 0 Å². The molecule has 0 bridgehead atoms. The van der Waals surface area contributed by atoms with Gasteiger partial charge in [0.15, 0.2) is 0 Å². The third kappa shape index (κ3) is 1.42. The van der Waals surface area contributed by atoms with E-state index in [1.165, 1.54) is 16.8 Å². The summed E-state index contributed by atoms with van der Waals surface area (Å²) in [6, 6.07) is 6.83. The topological polar surface area (TPSA) is 29.3 Å². The van der Waals surface area contributed by atoms with Crippen molar-refractivity contribution in [3.05, 3.63) is 29.3 Å². The number of fused-ring (bicyclic) bond motifs is 1. The minimum absolute atomic E-state index is 0.270. The summed E-state index contributed by atoms with van der Waals surface area (Å²) in [7, 11) is 4.13. The molecular formula is C11H16N2. The van der Waals surface area contributed by atoms with Gasteiger partial charge in [0.1, 0.15) is 0 Å². The van der Waals surface area contributed by atoms with Crippen molar-refractivity contribution in [2.75, 3.05) is 19.0 Å². The average Bonchev–Trinajstić information content (AvgIpc) is 2.47. The molecule has 2 heteroatoms. The van der Waals surface area contributed by atoms with Crippen molar-refractivity contribution in [2.45, 2.75) is 18.9 Å². The predicted octanol–water partition coefficient (Wildman–Crippen LogP) is 1.70. The summed E-state index contributed by atoms with van der Waals surface area (Å²) in [6.07, 6.45) is 2.24. The maximum absolute atomic E-state index is 5.96. The van der Waals surface area contributed by atoms with Crippen molar-refractivity contribution < 1.29 is 0 Å². The zero-order valence-electron chi connectivity index (χ0n) is 8.25. The first-order chi connectivity index (χ1) is 6.18. The summed E-state index contributed by atoms with van der Waals surface area (Å²) in [5.41, 5.74) is 10.00. The molecule has 0 heterocycles. The molecule has 0 fully saturated rings. The predicted molar refractivity (Wildman–Crippen MR) is 56.0 cm³/mol. The molecule has 1 aliphatic carbocycles. The van der Waals surface area contributed by atoms with Gasteiger partial charge in [0, 0.05) is 25.8 Å². The van der Waals surface area contributed by atoms with Crippen molar-refractivity contribution in [1.82, 2.24) is 0 Å². The van der Waals surface area contributed by atoms with Gasteiger partial charge >= 0.3 is 0 Å². The maximum Gasteiger partial charge on any atom is 0.0363 e. The fourth-order valence-electron chi connectivity index (χ4n) is 1.92. The Morgan fingerprint density at radius 3 is 2.85 bits per heavy atom. The second-order valence-corrected chi connectivity index (χ2v) is 3.92. The van der Waals surface area contributed by atoms with Crippen LogP contribution in [0, 0.1) is 0 Å². The lowest BCUT2D eigenvalue weighted by Crippen LogP contribution is -2.09. The third-order valence-electron chi connectivity index (χ3n) is 2.77. The normalized spacial score (nSPS) is 20.1. The molecule has 0 aromatic heterocycles. The lowest BCUT2D eigenvalue weighted by molar-refractivity contribution is 0.713. The SMILES string of the molecule is CN(C)c1ccc2c(c1)CCC2N. The number of benzene rings is 1. The molecule has 0 saturated heterocycles. The van der Waals surface area contributed by atoms with E-state index in [1.54, 1.807) is 0 Å². The quantitative estimate of drug-likeness (QED) is 0.705. The molecule has 0 amide bonds. The summed E-state index contributed by atoms with van der Waals surface area (Å²) >= 11 is 0. The third-order valence-corrected chi connectivity index (χ3v) is 2.77. The van der Waals surface area contributed by atoms with Gasteiger partial charge in [-0.3, -0.25) is 0 Å². The van der Waals surface area contributed by atoms with E-state index < -0.39 is 0 Å². The second kappa shape index (κ2) is 3.04. The van der Waals surface area contributed by atoms with Gasteiger partial charge in [0.2, 0.25) is 0 Å². The van der Waals surface area contributed by atoms with Gasteiger partial charge in [-0.2, -0.15) is 0 Å². The molecule has 1 aromatic carbocycles. The number of hydrogen-bond donors (Lipinski definition) is 1. The summed E-state index contributed by atoms with van der Waals surface area (Å²) in [4.78, 5) is 2.13. The van der Waals surface area contributed by atoms with Crippen LogP contribution in [-0.4, -0.2) is 14.1 Å². The van der Waals surface area contributed by atoms with E-state index in [1.807, 2.05) is 0 Å². The molecule has 1 atom stereocenters. The Labute approximate surface area is 79.4 Å². The Kier molecular flexibility index (Phi) is 2.00. The van der Waals surface area contributed by atoms with E-state index in [-0.39, 0.29) is 6.04 Å². The summed E-state index contributed by atoms with van der Waals surface area (Å²) < 4.78 is 0. The van der Waals surface area contributed by atoms with Crippen molar-refractivity contribution in [2.24, 2.45) is 5.73 Å². The Hall–Kier alpha value is -1.02. The molecule has 0 spiro atoms. The molecule has 0 saturated carbocycles. The van der Waals surface area contributed by atoms with Crippen LogP contribution in [0.1, 0.15) is 23.6 Å². The van der Waals surface area contributed by atoms with Crippen molar-refractivity contribution in [1.29, 1.82) is 0 Å². The molecule has 0 radical (unpaired) electrons. The van der Waals surface area contributed by atoms with Gasteiger partial charge in [0.05, 0.1) is 0 Å². The van der Waals surface area contributed by atoms with Crippen LogP contribution < -0.4 is 10.6 Å². The molecule has 1 aromatic rings. The Morgan fingerprint density at radius 2 is 2.15 bits per heavy atom. The van der Waals surface area contributed by atoms with E-state index in [9.17, 15) is 0 Å². The minimum atomic E-state index is 0.270. The number of aryl methyl sites for hydroxylation is 1. The zero-order chi connectivity index (χ0) is 9.42. The standard InChI is InChI=1S/C11H16N2/c1-13(2)9-4-5-10-8(7-9)3-6-11(10)12/h4-5,7,11H,3,6,12H2,1-2H3. The second-order valence-electron chi connectivity index (χ2n) is 3.92. The van der Waals surface area contributed by atoms with E-state index in [4.69, 9.17) is 5.73 Å². The van der Waals surface area contributed by atoms with Crippen LogP contribution in [-0.2, 0) is 6.42 Å². The van der Waals surface area contributed by atoms with Crippen molar-refractivity contribution >= 4 is 5.69 Å². The number of anilines is 1. The largest absolute Gasteiger partial charge is 0.378 e. The molecule has 1 unspecified atom stereocenters. The van der Waals surface area contributed by atoms with E-state index in [0.717, 1.165) is 12.8 Å². The Bertz CT molecular complexity index is 318. The molecule has 2 rings (SSSR count). The number of nitrogens with zero attached hydrogens (tertiary/aromatic N) is 1. The lowest BCUT2D eigenvalue weighted by Gasteiger charge is -2.14. The van der Waals surface area contributed by atoms with Gasteiger partial charge in [-0.15, -0.1) is 0 Å². The monoisotopic (exact) mass is 176 g/mol. The van der Waals surface area contributed by atoms with Crippen LogP contribution >= 0.6 is 0 Å². The number of hydrogen-bond acceptors (Lipinski definition) is 2. The van der Waals surface area contributed by atoms with Gasteiger partial charge < -0.3 is 10.6 Å². The highest BCUT2D eigenvalue weighted by atomic mass is 15.1. The fourth-order valence-corrected chi connectivity index (χ4v) is 1.92. The van der Waals surface area contributed by atoms with Crippen LogP contribution in [0.15, 0.2) is 18.2 Å². The smallest absolute Gasteiger partial charge is 0.0363 e. The molecule has 2 N–H and O–H groups in total.